The number of aromatic nitrogens is 1. The zero-order valence-corrected chi connectivity index (χ0v) is 17.4. The van der Waals surface area contributed by atoms with Gasteiger partial charge in [0.05, 0.1) is 9.62 Å². The number of nitrogens with zero attached hydrogens (tertiary/aromatic N) is 2. The Bertz CT molecular complexity index is 1050. The van der Waals surface area contributed by atoms with Gasteiger partial charge in [0.25, 0.3) is 0 Å². The molecule has 0 amide bonds. The van der Waals surface area contributed by atoms with Crippen LogP contribution in [0.3, 0.4) is 0 Å². The Balaban J connectivity index is 1.78. The van der Waals surface area contributed by atoms with Crippen LogP contribution >= 0.6 is 11.3 Å². The molecule has 2 N–H and O–H groups in total. The van der Waals surface area contributed by atoms with Crippen LogP contribution in [0, 0.1) is 5.82 Å². The van der Waals surface area contributed by atoms with Crippen LogP contribution < -0.4 is 5.73 Å². The molecule has 0 radical (unpaired) electrons. The van der Waals surface area contributed by atoms with Crippen molar-refractivity contribution in [2.45, 2.75) is 49.8 Å². The summed E-state index contributed by atoms with van der Waals surface area (Å²) in [5.41, 5.74) is 7.18. The highest BCUT2D eigenvalue weighted by atomic mass is 32.2. The average molecular weight is 406 g/mol. The highest BCUT2D eigenvalue weighted by Gasteiger charge is 2.46. The minimum Gasteiger partial charge on any atom is -0.386 e. The third-order valence-electron chi connectivity index (χ3n) is 5.67. The van der Waals surface area contributed by atoms with Crippen LogP contribution in [0.5, 0.6) is 0 Å². The van der Waals surface area contributed by atoms with Gasteiger partial charge in [0, 0.05) is 28.4 Å². The van der Waals surface area contributed by atoms with Crippen molar-refractivity contribution in [3.63, 3.8) is 0 Å². The van der Waals surface area contributed by atoms with Crippen molar-refractivity contribution in [1.82, 2.24) is 4.98 Å². The maximum Gasteiger partial charge on any atom is 0.140 e. The number of aliphatic imine (C=N–C) groups is 1. The van der Waals surface area contributed by atoms with Gasteiger partial charge in [-0.15, -0.1) is 11.3 Å². The van der Waals surface area contributed by atoms with Crippen LogP contribution in [0.25, 0.3) is 10.4 Å². The van der Waals surface area contributed by atoms with E-state index in [1.54, 1.807) is 27.0 Å². The van der Waals surface area contributed by atoms with Crippen LogP contribution in [0.1, 0.15) is 50.1 Å². The molecule has 2 aromatic heterocycles. The molecule has 144 valence electrons. The highest BCUT2D eigenvalue weighted by Crippen LogP contribution is 2.44. The molecule has 1 saturated carbocycles. The summed E-state index contributed by atoms with van der Waals surface area (Å²) in [6, 6.07) is 5.48. The monoisotopic (exact) mass is 405 g/mol. The lowest BCUT2D eigenvalue weighted by molar-refractivity contribution is 0.506. The largest absolute Gasteiger partial charge is 0.386 e. The Hall–Kier alpha value is -1.73. The Morgan fingerprint density at radius 3 is 2.67 bits per heavy atom. The van der Waals surface area contributed by atoms with Gasteiger partial charge in [-0.25, -0.2) is 4.39 Å². The quantitative estimate of drug-likeness (QED) is 0.787. The van der Waals surface area contributed by atoms with E-state index in [9.17, 15) is 8.60 Å². The first-order valence-electron chi connectivity index (χ1n) is 9.00. The second-order valence-electron chi connectivity index (χ2n) is 8.27. The molecule has 0 spiro atoms. The first kappa shape index (κ1) is 18.6. The minimum atomic E-state index is -2.57. The lowest BCUT2D eigenvalue weighted by atomic mass is 10.0. The molecule has 4 nitrogen and oxygen atoms in total. The molecule has 7 heteroatoms. The number of hydrogen-bond acceptors (Lipinski definition) is 5. The van der Waals surface area contributed by atoms with Crippen molar-refractivity contribution < 1.29 is 8.60 Å². The molecule has 1 fully saturated rings. The van der Waals surface area contributed by atoms with Crippen molar-refractivity contribution in [3.8, 4) is 10.4 Å². The molecule has 1 unspecified atom stereocenters. The average Bonchev–Trinajstić information content (AvgIpc) is 3.35. The summed E-state index contributed by atoms with van der Waals surface area (Å²) in [7, 11) is -2.57. The molecular formula is C20H24FN3OS2. The van der Waals surface area contributed by atoms with E-state index in [1.807, 2.05) is 12.1 Å². The molecule has 2 aliphatic rings. The number of pyridine rings is 1. The SMILES string of the molecule is C=S1(=O)C[C@@](C)(c2sc(-c3ccnc(C4CC4)c3)cc2F)N=C(N)C1(C)C. The van der Waals surface area contributed by atoms with Crippen molar-refractivity contribution in [2.24, 2.45) is 10.7 Å². The molecule has 3 heterocycles. The van der Waals surface area contributed by atoms with E-state index in [0.29, 0.717) is 10.8 Å². The standard InChI is InChI=1S/C20H24FN3OS2/c1-19(2)18(22)24-20(3,11-27(19,4)25)17-14(21)10-16(26-17)13-7-8-23-15(9-13)12-5-6-12/h7-10,12H,4-6,11H2,1-3H3,(H2,22,24)/t20-,27?/m0/s1. The van der Waals surface area contributed by atoms with Gasteiger partial charge < -0.3 is 5.73 Å². The maximum absolute atomic E-state index is 14.9. The predicted molar refractivity (Wildman–Crippen MR) is 113 cm³/mol. The predicted octanol–water partition coefficient (Wildman–Crippen LogP) is 3.91. The second kappa shape index (κ2) is 5.88. The fourth-order valence-corrected chi connectivity index (χ4v) is 6.57. The molecular weight excluding hydrogens is 381 g/mol. The van der Waals surface area contributed by atoms with Gasteiger partial charge >= 0.3 is 0 Å². The Labute approximate surface area is 163 Å². The highest BCUT2D eigenvalue weighted by molar-refractivity contribution is 8.02. The summed E-state index contributed by atoms with van der Waals surface area (Å²) in [6.45, 7) is 5.36. The van der Waals surface area contributed by atoms with Gasteiger partial charge in [-0.2, -0.15) is 0 Å². The molecule has 0 bridgehead atoms. The molecule has 2 aromatic rings. The number of halogens is 1. The van der Waals surface area contributed by atoms with E-state index in [0.717, 1.165) is 16.1 Å². The fraction of sp³-hybridized carbons (Fsp3) is 0.450. The number of rotatable bonds is 3. The van der Waals surface area contributed by atoms with Crippen LogP contribution in [-0.4, -0.2) is 31.4 Å². The normalized spacial score (nSPS) is 30.1. The van der Waals surface area contributed by atoms with E-state index in [-0.39, 0.29) is 17.4 Å². The number of amidine groups is 1. The van der Waals surface area contributed by atoms with E-state index in [1.165, 1.54) is 30.2 Å². The van der Waals surface area contributed by atoms with Gasteiger partial charge in [-0.1, -0.05) is 0 Å². The Morgan fingerprint density at radius 1 is 1.33 bits per heavy atom. The van der Waals surface area contributed by atoms with Crippen LogP contribution in [0.15, 0.2) is 29.4 Å². The van der Waals surface area contributed by atoms with E-state index in [2.05, 4.69) is 15.8 Å². The van der Waals surface area contributed by atoms with Gasteiger partial charge in [-0.3, -0.25) is 14.2 Å². The fourth-order valence-electron chi connectivity index (χ4n) is 3.46. The smallest absolute Gasteiger partial charge is 0.140 e. The summed E-state index contributed by atoms with van der Waals surface area (Å²) >= 11 is 1.34. The van der Waals surface area contributed by atoms with Crippen molar-refractivity contribution in [1.29, 1.82) is 0 Å². The third kappa shape index (κ3) is 3.01. The van der Waals surface area contributed by atoms with Gasteiger partial charge in [-0.05, 0) is 72.8 Å². The summed E-state index contributed by atoms with van der Waals surface area (Å²) in [5.74, 6) is 4.57. The van der Waals surface area contributed by atoms with Crippen LogP contribution in [0.4, 0.5) is 4.39 Å². The first-order chi connectivity index (χ1) is 12.5. The number of nitrogens with two attached hydrogens (primary N) is 1. The summed E-state index contributed by atoms with van der Waals surface area (Å²) < 4.78 is 27.3. The molecule has 0 aromatic carbocycles. The lowest BCUT2D eigenvalue weighted by Gasteiger charge is -2.40. The molecule has 1 aliphatic carbocycles. The third-order valence-corrected chi connectivity index (χ3v) is 10.2. The summed E-state index contributed by atoms with van der Waals surface area (Å²) in [4.78, 5) is 10.3. The second-order valence-corrected chi connectivity index (χ2v) is 12.3. The zero-order chi connectivity index (χ0) is 19.6. The first-order valence-corrected chi connectivity index (χ1v) is 11.7. The van der Waals surface area contributed by atoms with Gasteiger partial charge in [0.1, 0.15) is 17.2 Å². The summed E-state index contributed by atoms with van der Waals surface area (Å²) in [5, 5.41) is 0. The minimum absolute atomic E-state index is 0.175. The van der Waals surface area contributed by atoms with Crippen LogP contribution in [-0.2, 0) is 15.1 Å². The van der Waals surface area contributed by atoms with Crippen molar-refractivity contribution >= 4 is 32.6 Å². The zero-order valence-electron chi connectivity index (χ0n) is 15.8. The Kier molecular flexibility index (Phi) is 4.06. The maximum atomic E-state index is 14.9. The topological polar surface area (TPSA) is 68.3 Å². The van der Waals surface area contributed by atoms with Crippen LogP contribution in [0.2, 0.25) is 0 Å². The van der Waals surface area contributed by atoms with E-state index >= 15 is 0 Å². The van der Waals surface area contributed by atoms with E-state index in [4.69, 9.17) is 5.73 Å². The molecule has 2 atom stereocenters. The van der Waals surface area contributed by atoms with Crippen molar-refractivity contribution in [2.75, 3.05) is 5.75 Å². The van der Waals surface area contributed by atoms with E-state index < -0.39 is 19.8 Å². The molecule has 1 aliphatic heterocycles. The molecule has 4 rings (SSSR count). The van der Waals surface area contributed by atoms with Crippen molar-refractivity contribution in [3.05, 3.63) is 40.8 Å². The number of thiophene rings is 1. The molecule has 0 saturated heterocycles. The summed E-state index contributed by atoms with van der Waals surface area (Å²) in [6.07, 6.45) is 4.12. The molecule has 27 heavy (non-hydrogen) atoms. The number of hydrogen-bond donors (Lipinski definition) is 1. The van der Waals surface area contributed by atoms with Gasteiger partial charge in [0.2, 0.25) is 0 Å². The van der Waals surface area contributed by atoms with Gasteiger partial charge in [0.15, 0.2) is 0 Å². The Morgan fingerprint density at radius 2 is 2.04 bits per heavy atom. The lowest BCUT2D eigenvalue weighted by Crippen LogP contribution is -2.54.